The number of benzene rings is 1. The third-order valence-electron chi connectivity index (χ3n) is 4.25. The number of carbonyl (C=O) groups excluding carboxylic acids is 2. The summed E-state index contributed by atoms with van der Waals surface area (Å²) in [5.41, 5.74) is 0.872. The number of Topliss-reactive ketones (excluding diaryl/α,β-unsaturated/α-hetero) is 1. The van der Waals surface area contributed by atoms with Crippen molar-refractivity contribution in [2.24, 2.45) is 0 Å². The fourth-order valence-corrected chi connectivity index (χ4v) is 2.94. The molecule has 1 amide bonds. The van der Waals surface area contributed by atoms with Crippen molar-refractivity contribution < 1.29 is 32.2 Å². The summed E-state index contributed by atoms with van der Waals surface area (Å²) in [6.45, 7) is 0. The van der Waals surface area contributed by atoms with Crippen molar-refractivity contribution in [2.75, 3.05) is 14.2 Å². The van der Waals surface area contributed by atoms with Crippen molar-refractivity contribution in [1.29, 1.82) is 0 Å². The van der Waals surface area contributed by atoms with Gasteiger partial charge in [-0.15, -0.1) is 0 Å². The van der Waals surface area contributed by atoms with Gasteiger partial charge in [0.05, 0.1) is 20.3 Å². The molecule has 2 aromatic rings. The summed E-state index contributed by atoms with van der Waals surface area (Å²) in [7, 11) is 2.73. The summed E-state index contributed by atoms with van der Waals surface area (Å²) in [6, 6.07) is 4.67. The van der Waals surface area contributed by atoms with Crippen LogP contribution in [0.25, 0.3) is 6.08 Å². The minimum atomic E-state index is -5.09. The standard InChI is InChI=1S/C19H15F3N2O4/c1-27-14-8-11-12(9-15(14)28-2)17(25)13(7-10-3-5-23-6-4-10)16(11)24-18(26)19(20,21)22/h3-9,16H,1-2H3,(H,24,26)/b13-7-. The van der Waals surface area contributed by atoms with E-state index in [-0.39, 0.29) is 28.2 Å². The minimum Gasteiger partial charge on any atom is -0.493 e. The molecule has 1 aromatic carbocycles. The Balaban J connectivity index is 2.14. The van der Waals surface area contributed by atoms with Gasteiger partial charge in [-0.2, -0.15) is 13.2 Å². The molecule has 0 bridgehead atoms. The number of halogens is 3. The average molecular weight is 392 g/mol. The highest BCUT2D eigenvalue weighted by Gasteiger charge is 2.44. The second kappa shape index (κ2) is 7.34. The lowest BCUT2D eigenvalue weighted by Crippen LogP contribution is -2.39. The summed E-state index contributed by atoms with van der Waals surface area (Å²) >= 11 is 0. The van der Waals surface area contributed by atoms with Gasteiger partial charge in [-0.05, 0) is 41.5 Å². The van der Waals surface area contributed by atoms with Crippen LogP contribution in [0, 0.1) is 0 Å². The molecule has 0 saturated heterocycles. The minimum absolute atomic E-state index is 0.00546. The van der Waals surface area contributed by atoms with Gasteiger partial charge in [-0.25, -0.2) is 0 Å². The van der Waals surface area contributed by atoms with Crippen molar-refractivity contribution in [3.8, 4) is 11.5 Å². The number of hydrogen-bond acceptors (Lipinski definition) is 5. The van der Waals surface area contributed by atoms with Crippen LogP contribution >= 0.6 is 0 Å². The summed E-state index contributed by atoms with van der Waals surface area (Å²) in [4.78, 5) is 28.3. The first-order valence-electron chi connectivity index (χ1n) is 8.06. The van der Waals surface area contributed by atoms with Gasteiger partial charge in [0, 0.05) is 23.5 Å². The topological polar surface area (TPSA) is 77.5 Å². The fourth-order valence-electron chi connectivity index (χ4n) is 2.94. The summed E-state index contributed by atoms with van der Waals surface area (Å²) in [6.07, 6.45) is -0.711. The van der Waals surface area contributed by atoms with Gasteiger partial charge in [-0.3, -0.25) is 14.6 Å². The van der Waals surface area contributed by atoms with Crippen LogP contribution in [-0.2, 0) is 4.79 Å². The van der Waals surface area contributed by atoms with E-state index in [1.165, 1.54) is 44.8 Å². The number of carbonyl (C=O) groups is 2. The smallest absolute Gasteiger partial charge is 0.471 e. The van der Waals surface area contributed by atoms with Crippen LogP contribution in [0.3, 0.4) is 0 Å². The number of fused-ring (bicyclic) bond motifs is 1. The van der Waals surface area contributed by atoms with E-state index in [9.17, 15) is 22.8 Å². The molecule has 1 unspecified atom stereocenters. The maximum atomic E-state index is 12.9. The van der Waals surface area contributed by atoms with E-state index < -0.39 is 23.9 Å². The third-order valence-corrected chi connectivity index (χ3v) is 4.25. The van der Waals surface area contributed by atoms with Crippen molar-refractivity contribution in [3.63, 3.8) is 0 Å². The number of methoxy groups -OCH3 is 2. The number of ether oxygens (including phenoxy) is 2. The summed E-state index contributed by atoms with van der Waals surface area (Å²) in [5, 5.41) is 1.90. The number of alkyl halides is 3. The predicted molar refractivity (Wildman–Crippen MR) is 93.0 cm³/mol. The molecule has 3 rings (SSSR count). The van der Waals surface area contributed by atoms with E-state index in [1.54, 1.807) is 12.1 Å². The van der Waals surface area contributed by atoms with E-state index in [1.807, 2.05) is 5.32 Å². The van der Waals surface area contributed by atoms with Gasteiger partial charge < -0.3 is 14.8 Å². The fraction of sp³-hybridized carbons (Fsp3) is 0.211. The quantitative estimate of drug-likeness (QED) is 0.810. The Morgan fingerprint density at radius 3 is 2.32 bits per heavy atom. The molecule has 28 heavy (non-hydrogen) atoms. The van der Waals surface area contributed by atoms with E-state index in [0.29, 0.717) is 5.56 Å². The molecule has 0 radical (unpaired) electrons. The molecule has 0 fully saturated rings. The number of aromatic nitrogens is 1. The zero-order valence-corrected chi connectivity index (χ0v) is 14.8. The molecule has 0 saturated carbocycles. The first-order chi connectivity index (χ1) is 13.3. The first-order valence-corrected chi connectivity index (χ1v) is 8.06. The van der Waals surface area contributed by atoms with Crippen molar-refractivity contribution >= 4 is 17.8 Å². The highest BCUT2D eigenvalue weighted by atomic mass is 19.4. The molecule has 1 atom stereocenters. The molecule has 6 nitrogen and oxygen atoms in total. The SMILES string of the molecule is COc1cc2c(cc1OC)C(NC(=O)C(F)(F)F)/C(=C/c1ccncc1)C2=O. The van der Waals surface area contributed by atoms with Gasteiger partial charge in [0.2, 0.25) is 0 Å². The highest BCUT2D eigenvalue weighted by molar-refractivity contribution is 6.17. The van der Waals surface area contributed by atoms with E-state index >= 15 is 0 Å². The number of nitrogens with one attached hydrogen (secondary N) is 1. The Bertz CT molecular complexity index is 956. The molecule has 1 heterocycles. The molecule has 1 aliphatic rings. The van der Waals surface area contributed by atoms with Gasteiger partial charge in [0.1, 0.15) is 0 Å². The van der Waals surface area contributed by atoms with E-state index in [4.69, 9.17) is 9.47 Å². The maximum Gasteiger partial charge on any atom is 0.471 e. The number of pyridine rings is 1. The third kappa shape index (κ3) is 3.55. The Hall–Kier alpha value is -3.36. The molecule has 1 aliphatic carbocycles. The molecule has 0 spiro atoms. The van der Waals surface area contributed by atoms with Crippen molar-refractivity contribution in [2.45, 2.75) is 12.2 Å². The van der Waals surface area contributed by atoms with Gasteiger partial charge in [0.25, 0.3) is 0 Å². The number of ketones is 1. The molecule has 146 valence electrons. The van der Waals surface area contributed by atoms with Gasteiger partial charge in [-0.1, -0.05) is 0 Å². The molecular weight excluding hydrogens is 377 g/mol. The lowest BCUT2D eigenvalue weighted by atomic mass is 10.0. The van der Waals surface area contributed by atoms with Crippen LogP contribution in [0.2, 0.25) is 0 Å². The molecule has 1 aromatic heterocycles. The summed E-state index contributed by atoms with van der Waals surface area (Å²) < 4.78 is 48.8. The monoisotopic (exact) mass is 392 g/mol. The number of nitrogens with zero attached hydrogens (tertiary/aromatic N) is 1. The zero-order valence-electron chi connectivity index (χ0n) is 14.8. The van der Waals surface area contributed by atoms with Gasteiger partial charge >= 0.3 is 12.1 Å². The van der Waals surface area contributed by atoms with Crippen LogP contribution < -0.4 is 14.8 Å². The number of hydrogen-bond donors (Lipinski definition) is 1. The Morgan fingerprint density at radius 2 is 1.75 bits per heavy atom. The van der Waals surface area contributed by atoms with Crippen LogP contribution in [0.4, 0.5) is 13.2 Å². The van der Waals surface area contributed by atoms with E-state index in [0.717, 1.165) is 0 Å². The molecule has 1 N–H and O–H groups in total. The van der Waals surface area contributed by atoms with Crippen LogP contribution in [0.15, 0.2) is 42.2 Å². The average Bonchev–Trinajstić information content (AvgIpc) is 2.92. The summed E-state index contributed by atoms with van der Waals surface area (Å²) in [5.74, 6) is -2.18. The van der Waals surface area contributed by atoms with Crippen molar-refractivity contribution in [3.05, 3.63) is 58.9 Å². The Morgan fingerprint density at radius 1 is 1.14 bits per heavy atom. The number of amides is 1. The predicted octanol–water partition coefficient (Wildman–Crippen LogP) is 3.10. The zero-order chi connectivity index (χ0) is 20.5. The maximum absolute atomic E-state index is 12.9. The first kappa shape index (κ1) is 19.4. The van der Waals surface area contributed by atoms with Crippen LogP contribution in [0.5, 0.6) is 11.5 Å². The lowest BCUT2D eigenvalue weighted by Gasteiger charge is -2.17. The van der Waals surface area contributed by atoms with Crippen LogP contribution in [-0.4, -0.2) is 37.1 Å². The van der Waals surface area contributed by atoms with Crippen LogP contribution in [0.1, 0.15) is 27.5 Å². The Kier molecular flexibility index (Phi) is 5.08. The van der Waals surface area contributed by atoms with Gasteiger partial charge in [0.15, 0.2) is 17.3 Å². The van der Waals surface area contributed by atoms with Crippen molar-refractivity contribution in [1.82, 2.24) is 10.3 Å². The molecule has 0 aliphatic heterocycles. The second-order valence-electron chi connectivity index (χ2n) is 5.91. The molecule has 9 heteroatoms. The molecular formula is C19H15F3N2O4. The normalized spacial score (nSPS) is 17.4. The largest absolute Gasteiger partial charge is 0.493 e. The van der Waals surface area contributed by atoms with E-state index in [2.05, 4.69) is 4.98 Å². The lowest BCUT2D eigenvalue weighted by molar-refractivity contribution is -0.174. The highest BCUT2D eigenvalue weighted by Crippen LogP contribution is 2.43. The second-order valence-corrected chi connectivity index (χ2v) is 5.91. The number of rotatable bonds is 4. The Labute approximate surface area is 158 Å².